The van der Waals surface area contributed by atoms with E-state index in [0.717, 1.165) is 24.3 Å². The summed E-state index contributed by atoms with van der Waals surface area (Å²) >= 11 is 18.1. The van der Waals surface area contributed by atoms with E-state index in [0.29, 0.717) is 16.3 Å². The third kappa shape index (κ3) is 3.03. The lowest BCUT2D eigenvalue weighted by Gasteiger charge is -2.10. The average molecular weight is 264 g/mol. The molecule has 0 radical (unpaired) electrons. The number of hydrogen-bond acceptors (Lipinski definition) is 0. The first-order chi connectivity index (χ1) is 7.15. The van der Waals surface area contributed by atoms with Crippen molar-refractivity contribution in [2.75, 3.05) is 0 Å². The van der Waals surface area contributed by atoms with Crippen molar-refractivity contribution < 1.29 is 0 Å². The van der Waals surface area contributed by atoms with E-state index >= 15 is 0 Å². The molecule has 1 aromatic rings. The summed E-state index contributed by atoms with van der Waals surface area (Å²) in [5.74, 6) is 0.686. The van der Waals surface area contributed by atoms with E-state index < -0.39 is 0 Å². The summed E-state index contributed by atoms with van der Waals surface area (Å²) in [6.07, 6.45) is 4.49. The van der Waals surface area contributed by atoms with Gasteiger partial charge in [-0.25, -0.2) is 0 Å². The van der Waals surface area contributed by atoms with Crippen LogP contribution in [0.25, 0.3) is 0 Å². The van der Waals surface area contributed by atoms with E-state index in [9.17, 15) is 0 Å². The molecule has 0 N–H and O–H groups in total. The van der Waals surface area contributed by atoms with E-state index in [1.54, 1.807) is 0 Å². The monoisotopic (exact) mass is 262 g/mol. The van der Waals surface area contributed by atoms with Crippen molar-refractivity contribution in [1.29, 1.82) is 0 Å². The number of hydrogen-bond donors (Lipinski definition) is 0. The highest BCUT2D eigenvalue weighted by Gasteiger charge is 2.23. The minimum absolute atomic E-state index is 0.362. The Morgan fingerprint density at radius 2 is 2.00 bits per heavy atom. The largest absolute Gasteiger partial charge is 0.123 e. The molecule has 82 valence electrons. The van der Waals surface area contributed by atoms with Crippen LogP contribution in [0.4, 0.5) is 0 Å². The lowest BCUT2D eigenvalue weighted by molar-refractivity contribution is 0.547. The van der Waals surface area contributed by atoms with Crippen LogP contribution in [0.5, 0.6) is 0 Å². The van der Waals surface area contributed by atoms with E-state index in [4.69, 9.17) is 34.8 Å². The Hall–Kier alpha value is 0.0900. The molecule has 1 aromatic carbocycles. The standard InChI is InChI=1S/C12H13Cl3/c13-10-3-1-8(6-10)5-9-2-4-11(14)7-12(9)15/h2,4,7-8,10H,1,3,5-6H2. The van der Waals surface area contributed by atoms with Crippen LogP contribution in [0.1, 0.15) is 24.8 Å². The highest BCUT2D eigenvalue weighted by molar-refractivity contribution is 6.35. The van der Waals surface area contributed by atoms with Crippen molar-refractivity contribution in [3.05, 3.63) is 33.8 Å². The fourth-order valence-electron chi connectivity index (χ4n) is 2.20. The molecule has 2 atom stereocenters. The molecule has 1 aliphatic carbocycles. The Balaban J connectivity index is 2.04. The second-order valence-corrected chi connectivity index (χ2v) is 5.68. The van der Waals surface area contributed by atoms with Gasteiger partial charge in [-0.15, -0.1) is 11.6 Å². The van der Waals surface area contributed by atoms with Gasteiger partial charge >= 0.3 is 0 Å². The molecule has 2 rings (SSSR count). The van der Waals surface area contributed by atoms with Gasteiger partial charge in [0.05, 0.1) is 0 Å². The SMILES string of the molecule is Clc1ccc(CC2CCC(Cl)C2)c(Cl)c1. The fourth-order valence-corrected chi connectivity index (χ4v) is 3.06. The molecule has 0 amide bonds. The third-order valence-corrected chi connectivity index (χ3v) is 3.98. The number of rotatable bonds is 2. The van der Waals surface area contributed by atoms with Crippen molar-refractivity contribution in [2.45, 2.75) is 31.1 Å². The van der Waals surface area contributed by atoms with Crippen LogP contribution in [0.2, 0.25) is 10.0 Å². The highest BCUT2D eigenvalue weighted by atomic mass is 35.5. The van der Waals surface area contributed by atoms with Gasteiger partial charge in [-0.05, 0) is 49.3 Å². The first-order valence-corrected chi connectivity index (χ1v) is 6.42. The van der Waals surface area contributed by atoms with Gasteiger partial charge in [0.2, 0.25) is 0 Å². The lowest BCUT2D eigenvalue weighted by Crippen LogP contribution is -2.00. The van der Waals surface area contributed by atoms with Crippen LogP contribution in [0.15, 0.2) is 18.2 Å². The molecular formula is C12H13Cl3. The van der Waals surface area contributed by atoms with Crippen LogP contribution >= 0.6 is 34.8 Å². The van der Waals surface area contributed by atoms with Crippen LogP contribution in [0.3, 0.4) is 0 Å². The molecule has 1 fully saturated rings. The molecule has 1 aliphatic rings. The van der Waals surface area contributed by atoms with Gasteiger partial charge in [-0.2, -0.15) is 0 Å². The normalized spacial score (nSPS) is 25.8. The van der Waals surface area contributed by atoms with Gasteiger partial charge in [0, 0.05) is 15.4 Å². The summed E-state index contributed by atoms with van der Waals surface area (Å²) in [6, 6.07) is 5.73. The quantitative estimate of drug-likeness (QED) is 0.663. The molecule has 0 spiro atoms. The molecule has 0 aromatic heterocycles. The summed E-state index contributed by atoms with van der Waals surface area (Å²) in [6.45, 7) is 0. The molecule has 0 aliphatic heterocycles. The van der Waals surface area contributed by atoms with Crippen LogP contribution in [0, 0.1) is 5.92 Å². The Kier molecular flexibility index (Phi) is 3.82. The van der Waals surface area contributed by atoms with Crippen molar-refractivity contribution in [1.82, 2.24) is 0 Å². The van der Waals surface area contributed by atoms with Gasteiger partial charge in [-0.3, -0.25) is 0 Å². The maximum atomic E-state index is 6.13. The number of alkyl halides is 1. The first kappa shape index (κ1) is 11.6. The smallest absolute Gasteiger partial charge is 0.0452 e. The fraction of sp³-hybridized carbons (Fsp3) is 0.500. The summed E-state index contributed by atoms with van der Waals surface area (Å²) in [7, 11) is 0. The van der Waals surface area contributed by atoms with E-state index in [-0.39, 0.29) is 0 Å². The molecule has 2 unspecified atom stereocenters. The van der Waals surface area contributed by atoms with Gasteiger partial charge < -0.3 is 0 Å². The third-order valence-electron chi connectivity index (χ3n) is 3.00. The van der Waals surface area contributed by atoms with E-state index in [2.05, 4.69) is 0 Å². The maximum Gasteiger partial charge on any atom is 0.0452 e. The Morgan fingerprint density at radius 1 is 1.20 bits per heavy atom. The minimum atomic E-state index is 0.362. The molecule has 15 heavy (non-hydrogen) atoms. The predicted octanol–water partition coefficient (Wildman–Crippen LogP) is 4.94. The average Bonchev–Trinajstić information content (AvgIpc) is 2.56. The molecule has 3 heteroatoms. The molecule has 0 nitrogen and oxygen atoms in total. The van der Waals surface area contributed by atoms with Crippen molar-refractivity contribution in [3.8, 4) is 0 Å². The van der Waals surface area contributed by atoms with Gasteiger partial charge in [-0.1, -0.05) is 29.3 Å². The second kappa shape index (κ2) is 4.95. The van der Waals surface area contributed by atoms with E-state index in [1.165, 1.54) is 12.0 Å². The number of halogens is 3. The zero-order valence-corrected chi connectivity index (χ0v) is 10.6. The van der Waals surface area contributed by atoms with Crippen molar-refractivity contribution in [3.63, 3.8) is 0 Å². The van der Waals surface area contributed by atoms with Crippen LogP contribution in [-0.4, -0.2) is 5.38 Å². The summed E-state index contributed by atoms with van der Waals surface area (Å²) in [5, 5.41) is 1.84. The molecule has 0 bridgehead atoms. The Labute approximate surface area is 106 Å². The zero-order valence-electron chi connectivity index (χ0n) is 8.35. The molecular weight excluding hydrogens is 250 g/mol. The topological polar surface area (TPSA) is 0 Å². The van der Waals surface area contributed by atoms with Gasteiger partial charge in [0.25, 0.3) is 0 Å². The summed E-state index contributed by atoms with van der Waals surface area (Å²) in [4.78, 5) is 0. The minimum Gasteiger partial charge on any atom is -0.123 e. The van der Waals surface area contributed by atoms with Crippen LogP contribution in [-0.2, 0) is 6.42 Å². The Bertz CT molecular complexity index is 349. The van der Waals surface area contributed by atoms with Gasteiger partial charge in [0.1, 0.15) is 0 Å². The molecule has 0 heterocycles. The van der Waals surface area contributed by atoms with Crippen molar-refractivity contribution in [2.24, 2.45) is 5.92 Å². The highest BCUT2D eigenvalue weighted by Crippen LogP contribution is 2.33. The summed E-state index contributed by atoms with van der Waals surface area (Å²) in [5.41, 5.74) is 1.19. The zero-order chi connectivity index (χ0) is 10.8. The summed E-state index contributed by atoms with van der Waals surface area (Å²) < 4.78 is 0. The first-order valence-electron chi connectivity index (χ1n) is 5.23. The van der Waals surface area contributed by atoms with Crippen molar-refractivity contribution >= 4 is 34.8 Å². The van der Waals surface area contributed by atoms with E-state index in [1.807, 2.05) is 18.2 Å². The Morgan fingerprint density at radius 3 is 2.60 bits per heavy atom. The predicted molar refractivity (Wildman–Crippen MR) is 67.1 cm³/mol. The lowest BCUT2D eigenvalue weighted by atomic mass is 9.98. The van der Waals surface area contributed by atoms with Crippen LogP contribution < -0.4 is 0 Å². The van der Waals surface area contributed by atoms with Gasteiger partial charge in [0.15, 0.2) is 0 Å². The molecule has 0 saturated heterocycles. The second-order valence-electron chi connectivity index (χ2n) is 4.22. The molecule has 1 saturated carbocycles. The number of benzene rings is 1. The maximum absolute atomic E-state index is 6.13.